The predicted molar refractivity (Wildman–Crippen MR) is 196 cm³/mol. The van der Waals surface area contributed by atoms with E-state index in [0.717, 1.165) is 37.5 Å². The van der Waals surface area contributed by atoms with Gasteiger partial charge in [0.15, 0.2) is 9.84 Å². The van der Waals surface area contributed by atoms with Crippen molar-refractivity contribution < 1.29 is 27.9 Å². The summed E-state index contributed by atoms with van der Waals surface area (Å²) in [6.45, 7) is 9.44. The minimum Gasteiger partial charge on any atom is -0.390 e. The molecule has 0 radical (unpaired) electrons. The number of fused-ring (bicyclic) bond motifs is 1. The molecule has 50 heavy (non-hydrogen) atoms. The van der Waals surface area contributed by atoms with Gasteiger partial charge in [0.25, 0.3) is 0 Å². The second-order valence-corrected chi connectivity index (χ2v) is 18.1. The molecule has 0 bridgehead atoms. The Morgan fingerprint density at radius 1 is 0.980 bits per heavy atom. The van der Waals surface area contributed by atoms with E-state index in [1.54, 1.807) is 30.6 Å². The minimum atomic E-state index is -3.86. The molecule has 0 spiro atoms. The van der Waals surface area contributed by atoms with Crippen molar-refractivity contribution in [3.8, 4) is 0 Å². The number of likely N-dealkylation sites (tertiary alicyclic amines) is 1. The Kier molecular flexibility index (Phi) is 13.0. The average Bonchev–Trinajstić information content (AvgIpc) is 3.05. The number of hydrogen-bond acceptors (Lipinski definition) is 8. The first-order valence-electron chi connectivity index (χ1n) is 17.6. The lowest BCUT2D eigenvalue weighted by molar-refractivity contribution is -0.133. The van der Waals surface area contributed by atoms with E-state index in [1.807, 2.05) is 51.1 Å². The Hall–Kier alpha value is -3.61. The Balaban J connectivity index is 1.61. The molecule has 1 aliphatic carbocycles. The highest BCUT2D eigenvalue weighted by Gasteiger charge is 2.46. The molecule has 6 unspecified atom stereocenters. The van der Waals surface area contributed by atoms with Crippen molar-refractivity contribution in [3.63, 3.8) is 0 Å². The summed E-state index contributed by atoms with van der Waals surface area (Å²) in [5, 5.41) is 20.6. The van der Waals surface area contributed by atoms with E-state index in [2.05, 4.69) is 25.8 Å². The molecule has 1 saturated carbocycles. The van der Waals surface area contributed by atoms with E-state index in [9.17, 15) is 27.9 Å². The molecule has 4 rings (SSSR count). The summed E-state index contributed by atoms with van der Waals surface area (Å²) in [7, 11) is -3.86. The number of β-amino-alcohol motifs (C(OH)–C–C–N with tert-alkyl or cyclic N) is 1. The maximum atomic E-state index is 14.1. The van der Waals surface area contributed by atoms with Crippen LogP contribution in [0, 0.1) is 11.8 Å². The summed E-state index contributed by atoms with van der Waals surface area (Å²) in [6, 6.07) is 10.0. The Bertz CT molecular complexity index is 1590. The summed E-state index contributed by atoms with van der Waals surface area (Å²) >= 11 is 0. The fourth-order valence-electron chi connectivity index (χ4n) is 7.02. The Labute approximate surface area is 297 Å². The van der Waals surface area contributed by atoms with Gasteiger partial charge in [0.2, 0.25) is 17.7 Å². The van der Waals surface area contributed by atoms with E-state index in [-0.39, 0.29) is 18.9 Å². The van der Waals surface area contributed by atoms with Gasteiger partial charge in [-0.3, -0.25) is 24.3 Å². The quantitative estimate of drug-likeness (QED) is 0.231. The van der Waals surface area contributed by atoms with Gasteiger partial charge in [-0.25, -0.2) is 8.42 Å². The number of amides is 3. The summed E-state index contributed by atoms with van der Waals surface area (Å²) < 4.78 is 24.3. The van der Waals surface area contributed by atoms with Crippen molar-refractivity contribution in [2.45, 2.75) is 108 Å². The minimum absolute atomic E-state index is 0.0742. The molecule has 1 aromatic heterocycles. The normalized spacial score (nSPS) is 22.2. The molecule has 11 nitrogen and oxygen atoms in total. The predicted octanol–water partition coefficient (Wildman–Crippen LogP) is 3.29. The highest BCUT2D eigenvalue weighted by atomic mass is 32.2. The van der Waals surface area contributed by atoms with Gasteiger partial charge in [-0.2, -0.15) is 0 Å². The third-order valence-electron chi connectivity index (χ3n) is 10.1. The molecule has 1 aromatic carbocycles. The van der Waals surface area contributed by atoms with Gasteiger partial charge in [-0.1, -0.05) is 49.6 Å². The van der Waals surface area contributed by atoms with Gasteiger partial charge >= 0.3 is 0 Å². The second-order valence-electron chi connectivity index (χ2n) is 15.6. The maximum Gasteiger partial charge on any atom is 0.244 e. The number of carbonyl (C=O) groups excluding carboxylic acids is 3. The highest BCUT2D eigenvalue weighted by Crippen LogP contribution is 2.39. The Morgan fingerprint density at radius 3 is 2.24 bits per heavy atom. The number of nitrogens with one attached hydrogen (secondary N) is 3. The van der Waals surface area contributed by atoms with Crippen LogP contribution >= 0.6 is 0 Å². The molecule has 3 amide bonds. The van der Waals surface area contributed by atoms with E-state index in [1.165, 1.54) is 19.9 Å². The number of hydrogen-bond donors (Lipinski definition) is 4. The molecular formula is C38H55N5O6S. The lowest BCUT2D eigenvalue weighted by atomic mass is 9.72. The molecule has 274 valence electrons. The standard InChI is InChI=1S/C38H55N5O6S/c1-37(2,3)42-35(46)31-23-28-14-10-11-15-29(28)24-43(31)25-32(44)30(22-27-12-8-7-9-13-27)40-36(47)34(38(4,5)50(6,48)49)41-33(45)17-16-26-18-20-39-21-19-26/h7-9,12-13,16-21,28-32,34,44H,10-11,14-15,22-25H2,1-6H3,(H,40,47)(H,41,45)(H,42,46)/b17-16+. The molecule has 2 heterocycles. The summed E-state index contributed by atoms with van der Waals surface area (Å²) in [5.41, 5.74) is 1.14. The number of aliphatic hydroxyl groups is 1. The molecule has 1 aliphatic heterocycles. The SMILES string of the molecule is CC(C)(C)NC(=O)C1CC2CCCCC2CN1CC(O)C(Cc1ccccc1)NC(=O)C(NC(=O)/C=C/c1ccncc1)C(C)(C)S(C)(=O)=O. The van der Waals surface area contributed by atoms with Crippen LogP contribution in [0.1, 0.15) is 77.8 Å². The third-order valence-corrected chi connectivity index (χ3v) is 12.3. The number of sulfone groups is 1. The summed E-state index contributed by atoms with van der Waals surface area (Å²) in [6.07, 6.45) is 11.3. The van der Waals surface area contributed by atoms with Crippen molar-refractivity contribution >= 4 is 33.6 Å². The number of aromatic nitrogens is 1. The zero-order valence-electron chi connectivity index (χ0n) is 30.3. The van der Waals surface area contributed by atoms with Gasteiger partial charge in [0.1, 0.15) is 6.04 Å². The van der Waals surface area contributed by atoms with Gasteiger partial charge in [-0.15, -0.1) is 0 Å². The number of piperidine rings is 1. The van der Waals surface area contributed by atoms with Crippen LogP contribution in [0.15, 0.2) is 60.9 Å². The molecule has 6 atom stereocenters. The summed E-state index contributed by atoms with van der Waals surface area (Å²) in [5.74, 6) is -0.592. The van der Waals surface area contributed by atoms with Crippen molar-refractivity contribution in [2.24, 2.45) is 11.8 Å². The van der Waals surface area contributed by atoms with Crippen molar-refractivity contribution in [1.82, 2.24) is 25.8 Å². The first-order chi connectivity index (χ1) is 23.4. The molecular weight excluding hydrogens is 655 g/mol. The van der Waals surface area contributed by atoms with Crippen molar-refractivity contribution in [2.75, 3.05) is 19.3 Å². The van der Waals surface area contributed by atoms with Crippen molar-refractivity contribution in [3.05, 3.63) is 72.1 Å². The maximum absolute atomic E-state index is 14.1. The lowest BCUT2D eigenvalue weighted by Gasteiger charge is -2.47. The largest absolute Gasteiger partial charge is 0.390 e. The first kappa shape index (κ1) is 39.2. The van der Waals surface area contributed by atoms with Crippen LogP contribution in [0.25, 0.3) is 6.08 Å². The number of nitrogens with zero attached hydrogens (tertiary/aromatic N) is 2. The van der Waals surface area contributed by atoms with Gasteiger partial charge in [-0.05, 0) is 95.1 Å². The van der Waals surface area contributed by atoms with Gasteiger partial charge < -0.3 is 21.1 Å². The number of benzene rings is 1. The molecule has 2 aliphatic rings. The molecule has 1 saturated heterocycles. The third kappa shape index (κ3) is 10.7. The average molecular weight is 710 g/mol. The smallest absolute Gasteiger partial charge is 0.244 e. The highest BCUT2D eigenvalue weighted by molar-refractivity contribution is 7.92. The fourth-order valence-corrected chi connectivity index (χ4v) is 7.61. The van der Waals surface area contributed by atoms with Crippen molar-refractivity contribution in [1.29, 1.82) is 0 Å². The van der Waals surface area contributed by atoms with E-state index in [0.29, 0.717) is 30.4 Å². The monoisotopic (exact) mass is 709 g/mol. The summed E-state index contributed by atoms with van der Waals surface area (Å²) in [4.78, 5) is 46.9. The number of pyridine rings is 1. The van der Waals surface area contributed by atoms with E-state index >= 15 is 0 Å². The van der Waals surface area contributed by atoms with Crippen LogP contribution in [0.4, 0.5) is 0 Å². The molecule has 4 N–H and O–H groups in total. The topological polar surface area (TPSA) is 158 Å². The van der Waals surface area contributed by atoms with Crippen LogP contribution in [-0.2, 0) is 30.6 Å². The first-order valence-corrected chi connectivity index (χ1v) is 19.5. The van der Waals surface area contributed by atoms with E-state index < -0.39 is 56.2 Å². The number of aliphatic hydroxyl groups excluding tert-OH is 1. The van der Waals surface area contributed by atoms with Gasteiger partial charge in [0.05, 0.1) is 22.9 Å². The number of rotatable bonds is 13. The molecule has 12 heteroatoms. The van der Waals surface area contributed by atoms with Crippen LogP contribution in [0.2, 0.25) is 0 Å². The van der Waals surface area contributed by atoms with E-state index in [4.69, 9.17) is 0 Å². The van der Waals surface area contributed by atoms with Crippen LogP contribution in [0.3, 0.4) is 0 Å². The van der Waals surface area contributed by atoms with Gasteiger partial charge in [0, 0.05) is 43.4 Å². The van der Waals surface area contributed by atoms with Crippen LogP contribution in [0.5, 0.6) is 0 Å². The molecule has 2 fully saturated rings. The van der Waals surface area contributed by atoms with Crippen LogP contribution in [-0.4, -0.2) is 95.0 Å². The fraction of sp³-hybridized carbons (Fsp3) is 0.579. The second kappa shape index (κ2) is 16.6. The Morgan fingerprint density at radius 2 is 1.62 bits per heavy atom. The van der Waals surface area contributed by atoms with Crippen LogP contribution < -0.4 is 16.0 Å². The zero-order chi connectivity index (χ0) is 36.7. The number of carbonyl (C=O) groups is 3. The molecule has 2 aromatic rings. The zero-order valence-corrected chi connectivity index (χ0v) is 31.1. The lowest BCUT2D eigenvalue weighted by Crippen LogP contribution is -2.64.